The SMILES string of the molecule is CCC(C)(C)C(=O)OC(F)(F)CF. The Morgan fingerprint density at radius 3 is 2.15 bits per heavy atom. The summed E-state index contributed by atoms with van der Waals surface area (Å²) in [7, 11) is 0. The van der Waals surface area contributed by atoms with Gasteiger partial charge in [-0.3, -0.25) is 4.79 Å². The van der Waals surface area contributed by atoms with Gasteiger partial charge >= 0.3 is 12.1 Å². The minimum atomic E-state index is -4.00. The highest BCUT2D eigenvalue weighted by Gasteiger charge is 2.39. The molecule has 0 radical (unpaired) electrons. The summed E-state index contributed by atoms with van der Waals surface area (Å²) in [5.41, 5.74) is -1.00. The van der Waals surface area contributed by atoms with Crippen molar-refractivity contribution in [3.05, 3.63) is 0 Å². The van der Waals surface area contributed by atoms with Crippen molar-refractivity contribution in [3.8, 4) is 0 Å². The van der Waals surface area contributed by atoms with Crippen LogP contribution in [0.5, 0.6) is 0 Å². The van der Waals surface area contributed by atoms with Crippen LogP contribution in [0.2, 0.25) is 0 Å². The minimum absolute atomic E-state index is 0.355. The van der Waals surface area contributed by atoms with Gasteiger partial charge in [-0.2, -0.15) is 8.78 Å². The first-order valence-corrected chi connectivity index (χ1v) is 3.92. The van der Waals surface area contributed by atoms with E-state index in [1.165, 1.54) is 13.8 Å². The molecule has 0 spiro atoms. The number of carbonyl (C=O) groups excluding carboxylic acids is 1. The number of ether oxygens (including phenoxy) is 1. The molecular formula is C8H13F3O2. The Kier molecular flexibility index (Phi) is 3.75. The maximum absolute atomic E-state index is 12.3. The molecule has 0 aliphatic rings. The molecular weight excluding hydrogens is 185 g/mol. The largest absolute Gasteiger partial charge is 0.429 e. The highest BCUT2D eigenvalue weighted by molar-refractivity contribution is 5.76. The second-order valence-electron chi connectivity index (χ2n) is 3.40. The summed E-state index contributed by atoms with van der Waals surface area (Å²) in [6.07, 6.45) is -3.64. The van der Waals surface area contributed by atoms with E-state index in [0.717, 1.165) is 0 Å². The third-order valence-electron chi connectivity index (χ3n) is 1.83. The van der Waals surface area contributed by atoms with Crippen LogP contribution in [0.15, 0.2) is 0 Å². The van der Waals surface area contributed by atoms with Crippen LogP contribution in [0.25, 0.3) is 0 Å². The standard InChI is InChI=1S/C8H13F3O2/c1-4-7(2,3)6(12)13-8(10,11)5-9/h4-5H2,1-3H3. The second kappa shape index (κ2) is 3.98. The van der Waals surface area contributed by atoms with Gasteiger partial charge < -0.3 is 4.74 Å². The molecule has 78 valence electrons. The zero-order valence-corrected chi connectivity index (χ0v) is 7.86. The molecule has 0 bridgehead atoms. The van der Waals surface area contributed by atoms with Crippen molar-refractivity contribution in [2.75, 3.05) is 6.67 Å². The molecule has 13 heavy (non-hydrogen) atoms. The lowest BCUT2D eigenvalue weighted by atomic mass is 9.91. The zero-order chi connectivity index (χ0) is 10.7. The minimum Gasteiger partial charge on any atom is -0.398 e. The molecule has 0 saturated heterocycles. The van der Waals surface area contributed by atoms with Crippen molar-refractivity contribution >= 4 is 5.97 Å². The van der Waals surface area contributed by atoms with Gasteiger partial charge in [-0.25, -0.2) is 4.39 Å². The van der Waals surface area contributed by atoms with Gasteiger partial charge in [0.05, 0.1) is 5.41 Å². The van der Waals surface area contributed by atoms with Crippen LogP contribution >= 0.6 is 0 Å². The highest BCUT2D eigenvalue weighted by atomic mass is 19.3. The number of hydrogen-bond donors (Lipinski definition) is 0. The first-order valence-electron chi connectivity index (χ1n) is 3.92. The van der Waals surface area contributed by atoms with E-state index in [9.17, 15) is 18.0 Å². The van der Waals surface area contributed by atoms with Crippen LogP contribution < -0.4 is 0 Å². The summed E-state index contributed by atoms with van der Waals surface area (Å²) in [5, 5.41) is 0. The number of alkyl halides is 3. The van der Waals surface area contributed by atoms with Gasteiger partial charge in [0, 0.05) is 0 Å². The molecule has 5 heteroatoms. The number of halogens is 3. The van der Waals surface area contributed by atoms with Crippen molar-refractivity contribution < 1.29 is 22.7 Å². The van der Waals surface area contributed by atoms with Crippen molar-refractivity contribution in [2.24, 2.45) is 5.41 Å². The number of rotatable bonds is 4. The van der Waals surface area contributed by atoms with E-state index < -0.39 is 24.2 Å². The Bertz CT molecular complexity index is 190. The molecule has 0 aliphatic heterocycles. The maximum atomic E-state index is 12.3. The predicted molar refractivity (Wildman–Crippen MR) is 41.1 cm³/mol. The van der Waals surface area contributed by atoms with E-state index in [4.69, 9.17) is 0 Å². The molecule has 0 saturated carbocycles. The molecule has 0 atom stereocenters. The average molecular weight is 198 g/mol. The summed E-state index contributed by atoms with van der Waals surface area (Å²) >= 11 is 0. The first-order chi connectivity index (χ1) is 5.75. The van der Waals surface area contributed by atoms with Crippen molar-refractivity contribution in [3.63, 3.8) is 0 Å². The number of esters is 1. The summed E-state index contributed by atoms with van der Waals surface area (Å²) in [5.74, 6) is -1.09. The molecule has 0 aromatic carbocycles. The van der Waals surface area contributed by atoms with Gasteiger partial charge in [0.25, 0.3) is 0 Å². The summed E-state index contributed by atoms with van der Waals surface area (Å²) in [6.45, 7) is 2.60. The zero-order valence-electron chi connectivity index (χ0n) is 7.86. The van der Waals surface area contributed by atoms with Crippen molar-refractivity contribution in [1.82, 2.24) is 0 Å². The first kappa shape index (κ1) is 12.3. The molecule has 0 aromatic rings. The maximum Gasteiger partial charge on any atom is 0.429 e. The molecule has 0 aromatic heterocycles. The monoisotopic (exact) mass is 198 g/mol. The Labute approximate surface area is 75.1 Å². The van der Waals surface area contributed by atoms with Crippen LogP contribution in [0.4, 0.5) is 13.2 Å². The molecule has 0 rings (SSSR count). The predicted octanol–water partition coefficient (Wildman–Crippen LogP) is 2.53. The topological polar surface area (TPSA) is 26.3 Å². The lowest BCUT2D eigenvalue weighted by molar-refractivity contribution is -0.245. The van der Waals surface area contributed by atoms with Gasteiger partial charge in [0.2, 0.25) is 0 Å². The normalized spacial score (nSPS) is 12.8. The Balaban J connectivity index is 4.31. The highest BCUT2D eigenvalue weighted by Crippen LogP contribution is 2.26. The molecule has 0 unspecified atom stereocenters. The fourth-order valence-electron chi connectivity index (χ4n) is 0.445. The lowest BCUT2D eigenvalue weighted by Crippen LogP contribution is -2.34. The molecule has 2 nitrogen and oxygen atoms in total. The Hall–Kier alpha value is -0.740. The van der Waals surface area contributed by atoms with E-state index >= 15 is 0 Å². The average Bonchev–Trinajstić information content (AvgIpc) is 2.04. The van der Waals surface area contributed by atoms with E-state index in [1.807, 2.05) is 0 Å². The van der Waals surface area contributed by atoms with Gasteiger partial charge in [-0.1, -0.05) is 6.92 Å². The molecule has 0 heterocycles. The van der Waals surface area contributed by atoms with Gasteiger partial charge in [0.1, 0.15) is 0 Å². The van der Waals surface area contributed by atoms with E-state index in [-0.39, 0.29) is 0 Å². The fourth-order valence-corrected chi connectivity index (χ4v) is 0.445. The van der Waals surface area contributed by atoms with Crippen LogP contribution in [-0.2, 0) is 9.53 Å². The summed E-state index contributed by atoms with van der Waals surface area (Å²) < 4.78 is 39.8. The lowest BCUT2D eigenvalue weighted by Gasteiger charge is -2.23. The third-order valence-corrected chi connectivity index (χ3v) is 1.83. The fraction of sp³-hybridized carbons (Fsp3) is 0.875. The number of hydrogen-bond acceptors (Lipinski definition) is 2. The molecule has 0 N–H and O–H groups in total. The Morgan fingerprint density at radius 2 is 1.85 bits per heavy atom. The quantitative estimate of drug-likeness (QED) is 0.649. The summed E-state index contributed by atoms with van der Waals surface area (Å²) in [4.78, 5) is 11.0. The van der Waals surface area contributed by atoms with Crippen LogP contribution in [0, 0.1) is 5.41 Å². The van der Waals surface area contributed by atoms with Crippen LogP contribution in [-0.4, -0.2) is 18.8 Å². The smallest absolute Gasteiger partial charge is 0.398 e. The van der Waals surface area contributed by atoms with Crippen LogP contribution in [0.3, 0.4) is 0 Å². The summed E-state index contributed by atoms with van der Waals surface area (Å²) in [6, 6.07) is 0. The van der Waals surface area contributed by atoms with Crippen LogP contribution in [0.1, 0.15) is 27.2 Å². The van der Waals surface area contributed by atoms with E-state index in [2.05, 4.69) is 4.74 Å². The van der Waals surface area contributed by atoms with Gasteiger partial charge in [-0.15, -0.1) is 0 Å². The van der Waals surface area contributed by atoms with Gasteiger partial charge in [-0.05, 0) is 20.3 Å². The number of carbonyl (C=O) groups is 1. The van der Waals surface area contributed by atoms with E-state index in [1.54, 1.807) is 6.92 Å². The second-order valence-corrected chi connectivity index (χ2v) is 3.40. The Morgan fingerprint density at radius 1 is 1.38 bits per heavy atom. The molecule has 0 fully saturated rings. The molecule has 0 aliphatic carbocycles. The van der Waals surface area contributed by atoms with Crippen molar-refractivity contribution in [2.45, 2.75) is 33.3 Å². The third kappa shape index (κ3) is 3.65. The van der Waals surface area contributed by atoms with E-state index in [0.29, 0.717) is 6.42 Å². The molecule has 0 amide bonds. The van der Waals surface area contributed by atoms with Crippen molar-refractivity contribution in [1.29, 1.82) is 0 Å². The van der Waals surface area contributed by atoms with Gasteiger partial charge in [0.15, 0.2) is 6.67 Å².